The van der Waals surface area contributed by atoms with E-state index in [0.717, 1.165) is 18.4 Å². The van der Waals surface area contributed by atoms with Crippen molar-refractivity contribution >= 4 is 23.9 Å². The molecule has 0 aromatic heterocycles. The average Bonchev–Trinajstić information content (AvgIpc) is 2.78. The van der Waals surface area contributed by atoms with E-state index in [1.165, 1.54) is 0 Å². The molecule has 0 spiro atoms. The highest BCUT2D eigenvalue weighted by Gasteiger charge is 2.34. The van der Waals surface area contributed by atoms with Crippen molar-refractivity contribution < 1.29 is 19.1 Å². The van der Waals surface area contributed by atoms with Crippen molar-refractivity contribution in [2.45, 2.75) is 32.6 Å². The summed E-state index contributed by atoms with van der Waals surface area (Å²) >= 11 is 0. The SMILES string of the molecule is CCOC(=O)C1CCCN(C(=O)C2CCN(C(=O)/C=C/c3ccccc3)CC2)C1. The maximum Gasteiger partial charge on any atom is 0.310 e. The molecule has 0 radical (unpaired) electrons. The number of esters is 1. The number of carbonyl (C=O) groups is 3. The lowest BCUT2D eigenvalue weighted by atomic mass is 9.92. The van der Waals surface area contributed by atoms with Crippen LogP contribution in [0, 0.1) is 11.8 Å². The first-order valence-electron chi connectivity index (χ1n) is 10.6. The summed E-state index contributed by atoms with van der Waals surface area (Å²) in [6.07, 6.45) is 6.38. The number of benzene rings is 1. The third-order valence-electron chi connectivity index (χ3n) is 5.73. The zero-order valence-electron chi connectivity index (χ0n) is 17.1. The van der Waals surface area contributed by atoms with E-state index < -0.39 is 0 Å². The molecule has 0 bridgehead atoms. The number of piperidine rings is 2. The molecule has 6 heteroatoms. The average molecular weight is 399 g/mol. The predicted octanol–water partition coefficient (Wildman–Crippen LogP) is 2.74. The molecule has 156 valence electrons. The maximum atomic E-state index is 12.9. The van der Waals surface area contributed by atoms with Gasteiger partial charge in [0.1, 0.15) is 0 Å². The van der Waals surface area contributed by atoms with Crippen LogP contribution in [0.1, 0.15) is 38.2 Å². The van der Waals surface area contributed by atoms with Gasteiger partial charge in [-0.3, -0.25) is 14.4 Å². The highest BCUT2D eigenvalue weighted by Crippen LogP contribution is 2.24. The Labute approximate surface area is 172 Å². The molecule has 2 aliphatic heterocycles. The zero-order chi connectivity index (χ0) is 20.6. The Kier molecular flexibility index (Phi) is 7.44. The van der Waals surface area contributed by atoms with Crippen molar-refractivity contribution in [3.8, 4) is 0 Å². The first-order chi connectivity index (χ1) is 14.1. The summed E-state index contributed by atoms with van der Waals surface area (Å²) in [5, 5.41) is 0. The summed E-state index contributed by atoms with van der Waals surface area (Å²) in [7, 11) is 0. The second kappa shape index (κ2) is 10.2. The van der Waals surface area contributed by atoms with Gasteiger partial charge in [-0.15, -0.1) is 0 Å². The number of nitrogens with zero attached hydrogens (tertiary/aromatic N) is 2. The van der Waals surface area contributed by atoms with E-state index in [0.29, 0.717) is 45.6 Å². The summed E-state index contributed by atoms with van der Waals surface area (Å²) in [6.45, 7) is 4.50. The summed E-state index contributed by atoms with van der Waals surface area (Å²) in [5.74, 6) is -0.378. The lowest BCUT2D eigenvalue weighted by Gasteiger charge is -2.37. The standard InChI is InChI=1S/C23H30N2O4/c1-2-29-23(28)20-9-6-14-25(17-20)22(27)19-12-15-24(16-13-19)21(26)11-10-18-7-4-3-5-8-18/h3-5,7-8,10-11,19-20H,2,6,9,12-17H2,1H3/b11-10+. The smallest absolute Gasteiger partial charge is 0.310 e. The van der Waals surface area contributed by atoms with E-state index >= 15 is 0 Å². The monoisotopic (exact) mass is 398 g/mol. The van der Waals surface area contributed by atoms with Crippen LogP contribution in [0.2, 0.25) is 0 Å². The summed E-state index contributed by atoms with van der Waals surface area (Å²) in [5.41, 5.74) is 0.993. The fourth-order valence-corrected chi connectivity index (χ4v) is 4.07. The third-order valence-corrected chi connectivity index (χ3v) is 5.73. The minimum Gasteiger partial charge on any atom is -0.466 e. The Morgan fingerprint density at radius 3 is 2.41 bits per heavy atom. The first kappa shape index (κ1) is 21.1. The van der Waals surface area contributed by atoms with Crippen LogP contribution < -0.4 is 0 Å². The summed E-state index contributed by atoms with van der Waals surface area (Å²) in [4.78, 5) is 41.0. The second-order valence-corrected chi connectivity index (χ2v) is 7.72. The van der Waals surface area contributed by atoms with Crippen LogP contribution in [0.25, 0.3) is 6.08 Å². The molecule has 1 unspecified atom stereocenters. The van der Waals surface area contributed by atoms with Crippen LogP contribution in [0.3, 0.4) is 0 Å². The number of carbonyl (C=O) groups excluding carboxylic acids is 3. The molecule has 3 rings (SSSR count). The lowest BCUT2D eigenvalue weighted by Crippen LogP contribution is -2.48. The van der Waals surface area contributed by atoms with Crippen molar-refractivity contribution in [2.75, 3.05) is 32.8 Å². The van der Waals surface area contributed by atoms with Gasteiger partial charge in [0.05, 0.1) is 12.5 Å². The van der Waals surface area contributed by atoms with E-state index in [1.54, 1.807) is 17.9 Å². The Hall–Kier alpha value is -2.63. The van der Waals surface area contributed by atoms with Gasteiger partial charge in [-0.2, -0.15) is 0 Å². The topological polar surface area (TPSA) is 66.9 Å². The van der Waals surface area contributed by atoms with Gasteiger partial charge in [-0.05, 0) is 44.2 Å². The van der Waals surface area contributed by atoms with Gasteiger partial charge in [0.25, 0.3) is 0 Å². The van der Waals surface area contributed by atoms with Crippen molar-refractivity contribution in [2.24, 2.45) is 11.8 Å². The normalized spacial score (nSPS) is 20.7. The molecule has 1 aromatic rings. The molecular weight excluding hydrogens is 368 g/mol. The highest BCUT2D eigenvalue weighted by atomic mass is 16.5. The molecule has 29 heavy (non-hydrogen) atoms. The van der Waals surface area contributed by atoms with Gasteiger partial charge < -0.3 is 14.5 Å². The van der Waals surface area contributed by atoms with Crippen molar-refractivity contribution in [1.82, 2.24) is 9.80 Å². The van der Waals surface area contributed by atoms with Crippen LogP contribution in [0.15, 0.2) is 36.4 Å². The number of amides is 2. The van der Waals surface area contributed by atoms with Gasteiger partial charge in [-0.1, -0.05) is 30.3 Å². The van der Waals surface area contributed by atoms with Crippen LogP contribution in [-0.4, -0.2) is 60.4 Å². The maximum absolute atomic E-state index is 12.9. The molecule has 2 aliphatic rings. The molecule has 2 amide bonds. The van der Waals surface area contributed by atoms with E-state index in [-0.39, 0.29) is 29.6 Å². The fraction of sp³-hybridized carbons (Fsp3) is 0.522. The molecule has 0 aliphatic carbocycles. The van der Waals surface area contributed by atoms with E-state index in [4.69, 9.17) is 4.74 Å². The number of ether oxygens (including phenoxy) is 1. The number of likely N-dealkylation sites (tertiary alicyclic amines) is 2. The van der Waals surface area contributed by atoms with Crippen LogP contribution >= 0.6 is 0 Å². The molecule has 1 aromatic carbocycles. The molecule has 2 saturated heterocycles. The highest BCUT2D eigenvalue weighted by molar-refractivity contribution is 5.92. The van der Waals surface area contributed by atoms with Crippen molar-refractivity contribution in [3.05, 3.63) is 42.0 Å². The van der Waals surface area contributed by atoms with Gasteiger partial charge in [0, 0.05) is 38.2 Å². The quantitative estimate of drug-likeness (QED) is 0.565. The third kappa shape index (κ3) is 5.68. The first-order valence-corrected chi connectivity index (χ1v) is 10.6. The largest absolute Gasteiger partial charge is 0.466 e. The molecule has 0 N–H and O–H groups in total. The molecule has 1 atom stereocenters. The Morgan fingerprint density at radius 2 is 1.72 bits per heavy atom. The molecule has 2 fully saturated rings. The van der Waals surface area contributed by atoms with Gasteiger partial charge in [0.2, 0.25) is 11.8 Å². The van der Waals surface area contributed by atoms with Crippen molar-refractivity contribution in [1.29, 1.82) is 0 Å². The predicted molar refractivity (Wildman–Crippen MR) is 111 cm³/mol. The Morgan fingerprint density at radius 1 is 1.00 bits per heavy atom. The number of hydrogen-bond donors (Lipinski definition) is 0. The van der Waals surface area contributed by atoms with Crippen molar-refractivity contribution in [3.63, 3.8) is 0 Å². The molecular formula is C23H30N2O4. The van der Waals surface area contributed by atoms with Gasteiger partial charge in [-0.25, -0.2) is 0 Å². The Balaban J connectivity index is 1.48. The molecule has 2 heterocycles. The number of rotatable bonds is 5. The summed E-state index contributed by atoms with van der Waals surface area (Å²) < 4.78 is 5.12. The fourth-order valence-electron chi connectivity index (χ4n) is 4.07. The Bertz CT molecular complexity index is 739. The molecule has 0 saturated carbocycles. The molecule has 6 nitrogen and oxygen atoms in total. The minimum atomic E-state index is -0.211. The van der Waals surface area contributed by atoms with Crippen LogP contribution in [0.4, 0.5) is 0 Å². The zero-order valence-corrected chi connectivity index (χ0v) is 17.1. The van der Waals surface area contributed by atoms with E-state index in [1.807, 2.05) is 41.3 Å². The van der Waals surface area contributed by atoms with Crippen LogP contribution in [0.5, 0.6) is 0 Å². The number of hydrogen-bond acceptors (Lipinski definition) is 4. The second-order valence-electron chi connectivity index (χ2n) is 7.72. The van der Waals surface area contributed by atoms with E-state index in [9.17, 15) is 14.4 Å². The minimum absolute atomic E-state index is 0.0138. The summed E-state index contributed by atoms with van der Waals surface area (Å²) in [6, 6.07) is 9.73. The lowest BCUT2D eigenvalue weighted by molar-refractivity contribution is -0.152. The van der Waals surface area contributed by atoms with E-state index in [2.05, 4.69) is 0 Å². The van der Waals surface area contributed by atoms with Gasteiger partial charge >= 0.3 is 5.97 Å². The van der Waals surface area contributed by atoms with Gasteiger partial charge in [0.15, 0.2) is 0 Å². The van der Waals surface area contributed by atoms with Crippen LogP contribution in [-0.2, 0) is 19.1 Å².